The van der Waals surface area contributed by atoms with Crippen molar-refractivity contribution >= 4 is 23.0 Å². The van der Waals surface area contributed by atoms with E-state index in [1.54, 1.807) is 39.0 Å². The molecule has 0 bridgehead atoms. The van der Waals surface area contributed by atoms with Gasteiger partial charge in [0.05, 0.1) is 10.9 Å². The van der Waals surface area contributed by atoms with Crippen molar-refractivity contribution in [3.63, 3.8) is 0 Å². The van der Waals surface area contributed by atoms with Gasteiger partial charge >= 0.3 is 12.1 Å². The Bertz CT molecular complexity index is 1610. The Labute approximate surface area is 257 Å². The van der Waals surface area contributed by atoms with Gasteiger partial charge in [-0.1, -0.05) is 6.07 Å². The number of alkyl carbamates (subject to hydrolysis) is 1. The molecule has 2 aliphatic heterocycles. The topological polar surface area (TPSA) is 192 Å². The van der Waals surface area contributed by atoms with Crippen LogP contribution in [0.4, 0.5) is 4.79 Å². The molecule has 6 atom stereocenters. The van der Waals surface area contributed by atoms with E-state index >= 15 is 0 Å². The molecule has 0 unspecified atom stereocenters. The quantitative estimate of drug-likeness (QED) is 0.277. The molecule has 4 N–H and O–H groups in total. The van der Waals surface area contributed by atoms with E-state index in [1.807, 2.05) is 0 Å². The van der Waals surface area contributed by atoms with Crippen LogP contribution in [-0.2, 0) is 19.0 Å². The molecular formula is C31H35NO13. The maximum atomic E-state index is 13.3. The van der Waals surface area contributed by atoms with Crippen molar-refractivity contribution in [1.82, 2.24) is 5.32 Å². The first kappa shape index (κ1) is 32.0. The summed E-state index contributed by atoms with van der Waals surface area (Å²) < 4.78 is 38.5. The Hall–Kier alpha value is -4.37. The van der Waals surface area contributed by atoms with Crippen LogP contribution in [0.3, 0.4) is 0 Å². The molecule has 0 spiro atoms. The third-order valence-corrected chi connectivity index (χ3v) is 7.00. The van der Waals surface area contributed by atoms with Gasteiger partial charge in [-0.25, -0.2) is 9.59 Å². The maximum absolute atomic E-state index is 13.3. The van der Waals surface area contributed by atoms with Gasteiger partial charge in [0.25, 0.3) is 0 Å². The smallest absolute Gasteiger partial charge is 0.408 e. The molecule has 0 radical (unpaired) electrons. The Morgan fingerprint density at radius 1 is 1.00 bits per heavy atom. The van der Waals surface area contributed by atoms with Crippen LogP contribution in [0.5, 0.6) is 17.2 Å². The highest BCUT2D eigenvalue weighted by Gasteiger charge is 2.45. The summed E-state index contributed by atoms with van der Waals surface area (Å²) in [6.45, 7) is 6.71. The summed E-state index contributed by atoms with van der Waals surface area (Å²) in [5.74, 6) is 0.387. The number of amides is 1. The lowest BCUT2D eigenvalue weighted by molar-refractivity contribution is -0.278. The van der Waals surface area contributed by atoms with Crippen molar-refractivity contribution < 1.29 is 57.7 Å². The molecule has 3 heterocycles. The first-order valence-electron chi connectivity index (χ1n) is 14.3. The van der Waals surface area contributed by atoms with Crippen LogP contribution in [-0.4, -0.2) is 89.6 Å². The summed E-state index contributed by atoms with van der Waals surface area (Å²) in [5, 5.41) is 34.0. The largest absolute Gasteiger partial charge is 0.486 e. The summed E-state index contributed by atoms with van der Waals surface area (Å²) >= 11 is 0. The molecule has 5 rings (SSSR count). The van der Waals surface area contributed by atoms with E-state index in [1.165, 1.54) is 31.4 Å². The number of ether oxygens (including phenoxy) is 6. The number of aliphatic hydroxyl groups excluding tert-OH is 3. The van der Waals surface area contributed by atoms with Gasteiger partial charge in [-0.2, -0.15) is 0 Å². The maximum Gasteiger partial charge on any atom is 0.408 e. The van der Waals surface area contributed by atoms with Crippen LogP contribution in [0.15, 0.2) is 51.9 Å². The predicted molar refractivity (Wildman–Crippen MR) is 156 cm³/mol. The fourth-order valence-corrected chi connectivity index (χ4v) is 4.71. The highest BCUT2D eigenvalue weighted by Crippen LogP contribution is 2.34. The lowest BCUT2D eigenvalue weighted by Gasteiger charge is -2.40. The van der Waals surface area contributed by atoms with E-state index in [2.05, 4.69) is 5.32 Å². The van der Waals surface area contributed by atoms with E-state index in [0.717, 1.165) is 0 Å². The lowest BCUT2D eigenvalue weighted by Crippen LogP contribution is -2.60. The first-order chi connectivity index (χ1) is 21.3. The van der Waals surface area contributed by atoms with Gasteiger partial charge in [-0.3, -0.25) is 4.79 Å². The van der Waals surface area contributed by atoms with Crippen LogP contribution < -0.4 is 25.0 Å². The number of nitrogens with one attached hydrogen (secondary N) is 1. The van der Waals surface area contributed by atoms with E-state index in [9.17, 15) is 29.7 Å². The molecule has 1 saturated heterocycles. The lowest BCUT2D eigenvalue weighted by atomic mass is 9.99. The molecular weight excluding hydrogens is 594 g/mol. The van der Waals surface area contributed by atoms with Crippen molar-refractivity contribution in [2.75, 3.05) is 19.8 Å². The summed E-state index contributed by atoms with van der Waals surface area (Å²) in [5.41, 5.74) is 0.00530. The summed E-state index contributed by atoms with van der Waals surface area (Å²) in [7, 11) is 0. The number of hydrogen-bond donors (Lipinski definition) is 4. The average molecular weight is 630 g/mol. The Balaban J connectivity index is 1.25. The predicted octanol–water partition coefficient (Wildman–Crippen LogP) is 1.87. The fourth-order valence-electron chi connectivity index (χ4n) is 4.71. The standard InChI is InChI=1S/C31H35NO13/c1-15(32-30(38)45-31(2,3)4)28(37)42-14-23-25(34)26(35)27(36)29(44-23)43-17-6-7-18-21(12-17)41-13-19(24(18)33)16-5-8-20-22(11-16)40-10-9-39-20/h5-8,11-13,15,23,25-27,29,34-36H,9-10,14H2,1-4H3,(H,32,38)/t15-,23-,25-,26-,27+,29-/m1/s1. The van der Waals surface area contributed by atoms with Crippen molar-refractivity contribution in [3.05, 3.63) is 52.9 Å². The minimum atomic E-state index is -1.71. The Morgan fingerprint density at radius 2 is 1.73 bits per heavy atom. The van der Waals surface area contributed by atoms with E-state index in [4.69, 9.17) is 32.8 Å². The SMILES string of the molecule is C[C@@H](NC(=O)OC(C)(C)C)C(=O)OC[C@H]1O[C@@H](Oc2ccc3c(=O)c(-c4ccc5c(c4)OCCO5)coc3c2)[C@@H](O)[C@H](O)[C@@H]1O. The summed E-state index contributed by atoms with van der Waals surface area (Å²) in [6, 6.07) is 8.42. The molecule has 0 saturated carbocycles. The Morgan fingerprint density at radius 3 is 2.47 bits per heavy atom. The van der Waals surface area contributed by atoms with Gasteiger partial charge in [0.15, 0.2) is 16.9 Å². The molecule has 3 aromatic rings. The fraction of sp³-hybridized carbons (Fsp3) is 0.452. The summed E-state index contributed by atoms with van der Waals surface area (Å²) in [6.07, 6.45) is -7.32. The van der Waals surface area contributed by atoms with Crippen LogP contribution in [0.1, 0.15) is 27.7 Å². The average Bonchev–Trinajstić information content (AvgIpc) is 2.99. The molecule has 0 aliphatic carbocycles. The zero-order valence-electron chi connectivity index (χ0n) is 25.1. The molecule has 45 heavy (non-hydrogen) atoms. The third-order valence-electron chi connectivity index (χ3n) is 7.00. The van der Waals surface area contributed by atoms with E-state index in [-0.39, 0.29) is 22.1 Å². The van der Waals surface area contributed by atoms with Crippen LogP contribution in [0, 0.1) is 0 Å². The van der Waals surface area contributed by atoms with Gasteiger partial charge in [0.2, 0.25) is 6.29 Å². The molecule has 14 heteroatoms. The van der Waals surface area contributed by atoms with Gasteiger partial charge in [0, 0.05) is 6.07 Å². The van der Waals surface area contributed by atoms with Crippen molar-refractivity contribution in [2.24, 2.45) is 0 Å². The zero-order chi connectivity index (χ0) is 32.5. The number of benzene rings is 2. The van der Waals surface area contributed by atoms with Gasteiger partial charge in [0.1, 0.15) is 73.5 Å². The molecule has 242 valence electrons. The second-order valence-electron chi connectivity index (χ2n) is 11.6. The molecule has 2 aromatic carbocycles. The monoisotopic (exact) mass is 629 g/mol. The van der Waals surface area contributed by atoms with Crippen LogP contribution >= 0.6 is 0 Å². The number of aliphatic hydroxyl groups is 3. The number of rotatable bonds is 7. The van der Waals surface area contributed by atoms with E-state index in [0.29, 0.717) is 35.8 Å². The Kier molecular flexibility index (Phi) is 9.20. The highest BCUT2D eigenvalue weighted by molar-refractivity contribution is 5.83. The molecule has 1 aromatic heterocycles. The molecule has 2 aliphatic rings. The number of carbonyl (C=O) groups excluding carboxylic acids is 2. The van der Waals surface area contributed by atoms with Crippen molar-refractivity contribution in [1.29, 1.82) is 0 Å². The second kappa shape index (κ2) is 12.9. The van der Waals surface area contributed by atoms with E-state index < -0.39 is 61.0 Å². The number of esters is 1. The van der Waals surface area contributed by atoms with Crippen LogP contribution in [0.25, 0.3) is 22.1 Å². The van der Waals surface area contributed by atoms with Gasteiger partial charge < -0.3 is 53.5 Å². The number of carbonyl (C=O) groups is 2. The summed E-state index contributed by atoms with van der Waals surface area (Å²) in [4.78, 5) is 37.7. The van der Waals surface area contributed by atoms with Crippen LogP contribution in [0.2, 0.25) is 0 Å². The second-order valence-corrected chi connectivity index (χ2v) is 11.6. The van der Waals surface area contributed by atoms with Crippen molar-refractivity contribution in [2.45, 2.75) is 70.0 Å². The number of hydrogen-bond acceptors (Lipinski definition) is 13. The van der Waals surface area contributed by atoms with Crippen molar-refractivity contribution in [3.8, 4) is 28.4 Å². The molecule has 1 amide bonds. The first-order valence-corrected chi connectivity index (χ1v) is 14.3. The normalized spacial score (nSPS) is 23.6. The molecule has 1 fully saturated rings. The third kappa shape index (κ3) is 7.31. The zero-order valence-corrected chi connectivity index (χ0v) is 25.1. The van der Waals surface area contributed by atoms with Gasteiger partial charge in [-0.15, -0.1) is 0 Å². The highest BCUT2D eigenvalue weighted by atomic mass is 16.7. The van der Waals surface area contributed by atoms with Gasteiger partial charge in [-0.05, 0) is 57.5 Å². The minimum absolute atomic E-state index is 0.122. The number of fused-ring (bicyclic) bond motifs is 2. The minimum Gasteiger partial charge on any atom is -0.486 e. The molecule has 14 nitrogen and oxygen atoms in total.